The van der Waals surface area contributed by atoms with Crippen LogP contribution in [-0.2, 0) is 4.79 Å². The van der Waals surface area contributed by atoms with Crippen LogP contribution in [0.2, 0.25) is 0 Å². The van der Waals surface area contributed by atoms with Gasteiger partial charge in [-0.15, -0.1) is 0 Å². The summed E-state index contributed by atoms with van der Waals surface area (Å²) in [4.78, 5) is 10.7. The number of aliphatic hydroxyl groups is 5. The maximum Gasteiger partial charge on any atom is 0.237 e. The summed E-state index contributed by atoms with van der Waals surface area (Å²) in [5, 5.41) is 43.7. The molecule has 0 saturated carbocycles. The average Bonchev–Trinajstić information content (AvgIpc) is 2.08. The summed E-state index contributed by atoms with van der Waals surface area (Å²) in [7, 11) is 0. The molecule has 0 fully saturated rings. The van der Waals surface area contributed by atoms with Crippen LogP contribution in [0.15, 0.2) is 23.0 Å². The molecule has 0 spiro atoms. The number of aliphatic hydroxyl groups excluding tert-OH is 5. The predicted molar refractivity (Wildman–Crippen MR) is 35.6 cm³/mol. The van der Waals surface area contributed by atoms with Gasteiger partial charge in [0.05, 0.1) is 0 Å². The Morgan fingerprint density at radius 3 is 1.92 bits per heavy atom. The van der Waals surface area contributed by atoms with Crippen LogP contribution in [0.25, 0.3) is 0 Å². The quantitative estimate of drug-likeness (QED) is 0.340. The van der Waals surface area contributed by atoms with Crippen LogP contribution in [0, 0.1) is 0 Å². The first kappa shape index (κ1) is 8.41. The Balaban J connectivity index is 3.27. The lowest BCUT2D eigenvalue weighted by Gasteiger charge is -2.15. The molecular formula is C6H6O6. The number of carbonyl (C=O) groups excluding carboxylic acids is 1. The number of Topliss-reactive ketones (excluding diaryl/α,β-unsaturated/α-hetero) is 1. The SMILES string of the molecule is O=C1C(O)=C(O)C(O)=C(O)C1O. The molecule has 6 heteroatoms. The molecule has 12 heavy (non-hydrogen) atoms. The van der Waals surface area contributed by atoms with E-state index in [1.165, 1.54) is 0 Å². The summed E-state index contributed by atoms with van der Waals surface area (Å²) >= 11 is 0. The number of hydrogen-bond acceptors (Lipinski definition) is 6. The van der Waals surface area contributed by atoms with Gasteiger partial charge in [0.25, 0.3) is 0 Å². The molecule has 0 aromatic carbocycles. The smallest absolute Gasteiger partial charge is 0.237 e. The van der Waals surface area contributed by atoms with Crippen LogP contribution in [-0.4, -0.2) is 37.4 Å². The molecule has 0 aromatic heterocycles. The molecule has 0 heterocycles. The van der Waals surface area contributed by atoms with Crippen LogP contribution in [0.3, 0.4) is 0 Å². The first-order chi connectivity index (χ1) is 5.46. The number of rotatable bonds is 0. The van der Waals surface area contributed by atoms with Crippen LogP contribution in [0.5, 0.6) is 0 Å². The lowest BCUT2D eigenvalue weighted by atomic mass is 10.0. The van der Waals surface area contributed by atoms with Crippen molar-refractivity contribution in [2.75, 3.05) is 0 Å². The van der Waals surface area contributed by atoms with Gasteiger partial charge in [0, 0.05) is 0 Å². The zero-order valence-electron chi connectivity index (χ0n) is 5.72. The normalized spacial score (nSPS) is 25.1. The standard InChI is InChI=1S/C6H6O6/c7-1-2(8)4(10)6(12)5(11)3(1)9/h1,7-8,10-12H. The fraction of sp³-hybridized carbons (Fsp3) is 0.167. The zero-order chi connectivity index (χ0) is 9.46. The Labute approximate surface area is 66.3 Å². The van der Waals surface area contributed by atoms with E-state index in [9.17, 15) is 4.79 Å². The molecule has 1 atom stereocenters. The third-order valence-corrected chi connectivity index (χ3v) is 1.43. The van der Waals surface area contributed by atoms with Gasteiger partial charge in [-0.25, -0.2) is 0 Å². The minimum Gasteiger partial charge on any atom is -0.506 e. The molecule has 0 saturated heterocycles. The lowest BCUT2D eigenvalue weighted by molar-refractivity contribution is -0.126. The molecule has 1 aliphatic rings. The third kappa shape index (κ3) is 0.892. The second-order valence-corrected chi connectivity index (χ2v) is 2.20. The summed E-state index contributed by atoms with van der Waals surface area (Å²) in [6, 6.07) is 0. The minimum atomic E-state index is -2.01. The van der Waals surface area contributed by atoms with E-state index in [0.29, 0.717) is 0 Å². The average molecular weight is 174 g/mol. The monoisotopic (exact) mass is 174 g/mol. The summed E-state index contributed by atoms with van der Waals surface area (Å²) < 4.78 is 0. The maximum absolute atomic E-state index is 10.7. The van der Waals surface area contributed by atoms with Gasteiger partial charge in [0.2, 0.25) is 23.1 Å². The molecular weight excluding hydrogens is 168 g/mol. The van der Waals surface area contributed by atoms with E-state index in [1.54, 1.807) is 0 Å². The van der Waals surface area contributed by atoms with Crippen molar-refractivity contribution in [1.29, 1.82) is 0 Å². The van der Waals surface area contributed by atoms with Crippen LogP contribution in [0.1, 0.15) is 0 Å². The Bertz CT molecular complexity index is 299. The summed E-state index contributed by atoms with van der Waals surface area (Å²) in [5.41, 5.74) is 0. The summed E-state index contributed by atoms with van der Waals surface area (Å²) in [5.74, 6) is -5.74. The fourth-order valence-electron chi connectivity index (χ4n) is 0.733. The number of ketones is 1. The van der Waals surface area contributed by atoms with E-state index in [1.807, 2.05) is 0 Å². The van der Waals surface area contributed by atoms with Crippen molar-refractivity contribution in [2.45, 2.75) is 6.10 Å². The summed E-state index contributed by atoms with van der Waals surface area (Å²) in [6.07, 6.45) is -2.01. The highest BCUT2D eigenvalue weighted by atomic mass is 16.4. The topological polar surface area (TPSA) is 118 Å². The molecule has 0 amide bonds. The van der Waals surface area contributed by atoms with Crippen molar-refractivity contribution in [2.24, 2.45) is 0 Å². The van der Waals surface area contributed by atoms with Crippen molar-refractivity contribution < 1.29 is 30.3 Å². The molecule has 1 aliphatic carbocycles. The first-order valence-electron chi connectivity index (χ1n) is 2.93. The number of hydrogen-bond donors (Lipinski definition) is 5. The Morgan fingerprint density at radius 2 is 1.42 bits per heavy atom. The predicted octanol–water partition coefficient (Wildman–Crippen LogP) is -0.415. The largest absolute Gasteiger partial charge is 0.506 e. The van der Waals surface area contributed by atoms with E-state index in [-0.39, 0.29) is 0 Å². The molecule has 1 unspecified atom stereocenters. The van der Waals surface area contributed by atoms with Gasteiger partial charge in [-0.1, -0.05) is 0 Å². The lowest BCUT2D eigenvalue weighted by Crippen LogP contribution is -2.30. The van der Waals surface area contributed by atoms with Gasteiger partial charge in [-0.05, 0) is 0 Å². The highest BCUT2D eigenvalue weighted by Gasteiger charge is 2.35. The van der Waals surface area contributed by atoms with Crippen molar-refractivity contribution in [3.05, 3.63) is 23.0 Å². The van der Waals surface area contributed by atoms with Crippen molar-refractivity contribution in [3.8, 4) is 0 Å². The van der Waals surface area contributed by atoms with Crippen LogP contribution >= 0.6 is 0 Å². The fourth-order valence-corrected chi connectivity index (χ4v) is 0.733. The summed E-state index contributed by atoms with van der Waals surface area (Å²) in [6.45, 7) is 0. The van der Waals surface area contributed by atoms with Crippen molar-refractivity contribution >= 4 is 5.78 Å². The molecule has 1 rings (SSSR count). The Kier molecular flexibility index (Phi) is 1.69. The molecule has 0 aromatic rings. The van der Waals surface area contributed by atoms with Crippen molar-refractivity contribution in [1.82, 2.24) is 0 Å². The zero-order valence-corrected chi connectivity index (χ0v) is 5.72. The van der Waals surface area contributed by atoms with Gasteiger partial charge >= 0.3 is 0 Å². The minimum absolute atomic E-state index is 1.07. The van der Waals surface area contributed by atoms with Gasteiger partial charge < -0.3 is 25.5 Å². The molecule has 0 bridgehead atoms. The Morgan fingerprint density at radius 1 is 0.917 bits per heavy atom. The molecule has 0 radical (unpaired) electrons. The molecule has 0 aliphatic heterocycles. The highest BCUT2D eigenvalue weighted by molar-refractivity contribution is 6.00. The van der Waals surface area contributed by atoms with E-state index in [0.717, 1.165) is 0 Å². The van der Waals surface area contributed by atoms with E-state index < -0.39 is 34.9 Å². The highest BCUT2D eigenvalue weighted by Crippen LogP contribution is 2.21. The van der Waals surface area contributed by atoms with Crippen LogP contribution < -0.4 is 0 Å². The van der Waals surface area contributed by atoms with Gasteiger partial charge in [0.15, 0.2) is 11.9 Å². The molecule has 6 nitrogen and oxygen atoms in total. The number of carbonyl (C=O) groups is 1. The second-order valence-electron chi connectivity index (χ2n) is 2.20. The van der Waals surface area contributed by atoms with Gasteiger partial charge in [0.1, 0.15) is 0 Å². The first-order valence-corrected chi connectivity index (χ1v) is 2.93. The maximum atomic E-state index is 10.7. The van der Waals surface area contributed by atoms with Gasteiger partial charge in [-0.3, -0.25) is 4.79 Å². The van der Waals surface area contributed by atoms with Crippen LogP contribution in [0.4, 0.5) is 0 Å². The Hall–Kier alpha value is -1.69. The molecule has 5 N–H and O–H groups in total. The van der Waals surface area contributed by atoms with E-state index in [2.05, 4.69) is 0 Å². The third-order valence-electron chi connectivity index (χ3n) is 1.43. The van der Waals surface area contributed by atoms with Crippen molar-refractivity contribution in [3.63, 3.8) is 0 Å². The van der Waals surface area contributed by atoms with E-state index >= 15 is 0 Å². The van der Waals surface area contributed by atoms with E-state index in [4.69, 9.17) is 25.5 Å². The van der Waals surface area contributed by atoms with Gasteiger partial charge in [-0.2, -0.15) is 0 Å². The molecule has 66 valence electrons. The second kappa shape index (κ2) is 2.42.